The van der Waals surface area contributed by atoms with E-state index in [0.717, 1.165) is 71.6 Å². The molecule has 0 aliphatic carbocycles. The van der Waals surface area contributed by atoms with Crippen molar-refractivity contribution >= 4 is 54.8 Å². The Hall–Kier alpha value is -3.62. The van der Waals surface area contributed by atoms with E-state index in [9.17, 15) is 18.0 Å². The number of sulfone groups is 1. The van der Waals surface area contributed by atoms with Gasteiger partial charge in [0.2, 0.25) is 5.95 Å². The molecule has 3 aromatic rings. The standard InChI is InChI=1S/C30H38N6O6S2/c1-3-4-21-17-33-29(34-18-21)36-12-8-24(9-13-36)42-30-35-25-6-5-22(15-26(25)43-30)23-7-10-32-28(16-23)44(39,40)14-11-31-27(38)19-41-20(2)37/h5-6,15-18,24,28,32H,3-4,7-14,19H2,1-2H3,(H,31,38). The highest BCUT2D eigenvalue weighted by atomic mass is 32.2. The Bertz CT molecular complexity index is 1600. The van der Waals surface area contributed by atoms with E-state index in [1.165, 1.54) is 18.3 Å². The molecule has 1 amide bonds. The van der Waals surface area contributed by atoms with Crippen LogP contribution < -0.4 is 20.3 Å². The van der Waals surface area contributed by atoms with E-state index in [4.69, 9.17) is 9.72 Å². The van der Waals surface area contributed by atoms with Crippen molar-refractivity contribution in [3.8, 4) is 5.19 Å². The number of amides is 1. The molecular weight excluding hydrogens is 605 g/mol. The van der Waals surface area contributed by atoms with Crippen LogP contribution >= 0.6 is 11.3 Å². The van der Waals surface area contributed by atoms with Gasteiger partial charge in [0.15, 0.2) is 16.4 Å². The summed E-state index contributed by atoms with van der Waals surface area (Å²) in [5.74, 6) is -0.599. The van der Waals surface area contributed by atoms with Crippen molar-refractivity contribution in [1.29, 1.82) is 0 Å². The summed E-state index contributed by atoms with van der Waals surface area (Å²) in [6, 6.07) is 5.95. The highest BCUT2D eigenvalue weighted by molar-refractivity contribution is 7.92. The number of hydrogen-bond acceptors (Lipinski definition) is 12. The number of nitrogens with one attached hydrogen (secondary N) is 2. The number of piperidine rings is 1. The van der Waals surface area contributed by atoms with Gasteiger partial charge in [-0.05, 0) is 47.8 Å². The Kier molecular flexibility index (Phi) is 10.4. The van der Waals surface area contributed by atoms with Gasteiger partial charge < -0.3 is 19.7 Å². The first-order chi connectivity index (χ1) is 21.2. The number of thiazole rings is 1. The fraction of sp³-hybridized carbons (Fsp3) is 0.500. The van der Waals surface area contributed by atoms with Crippen LogP contribution in [0.3, 0.4) is 0 Å². The topological polar surface area (TPSA) is 153 Å². The Morgan fingerprint density at radius 1 is 1.18 bits per heavy atom. The first-order valence-electron chi connectivity index (χ1n) is 14.9. The number of carbonyl (C=O) groups is 2. The average Bonchev–Trinajstić information content (AvgIpc) is 3.42. The van der Waals surface area contributed by atoms with Crippen LogP contribution in [0, 0.1) is 0 Å². The Morgan fingerprint density at radius 3 is 2.68 bits per heavy atom. The molecule has 1 saturated heterocycles. The third kappa shape index (κ3) is 8.30. The average molecular weight is 643 g/mol. The summed E-state index contributed by atoms with van der Waals surface area (Å²) >= 11 is 1.49. The zero-order valence-corrected chi connectivity index (χ0v) is 26.6. The molecular formula is C30H38N6O6S2. The predicted octanol–water partition coefficient (Wildman–Crippen LogP) is 2.88. The fourth-order valence-corrected chi connectivity index (χ4v) is 7.53. The molecule has 44 heavy (non-hydrogen) atoms. The maximum atomic E-state index is 13.0. The van der Waals surface area contributed by atoms with Gasteiger partial charge in [0, 0.05) is 58.3 Å². The van der Waals surface area contributed by atoms with E-state index in [1.54, 1.807) is 6.08 Å². The molecule has 0 spiro atoms. The molecule has 1 fully saturated rings. The molecule has 4 heterocycles. The Balaban J connectivity index is 1.16. The van der Waals surface area contributed by atoms with Gasteiger partial charge in [0.1, 0.15) is 11.5 Å². The molecule has 2 aliphatic rings. The predicted molar refractivity (Wildman–Crippen MR) is 169 cm³/mol. The lowest BCUT2D eigenvalue weighted by atomic mass is 10.0. The van der Waals surface area contributed by atoms with E-state index in [2.05, 4.69) is 37.2 Å². The number of esters is 1. The number of carbonyl (C=O) groups excluding carboxylic acids is 2. The van der Waals surface area contributed by atoms with E-state index in [1.807, 2.05) is 30.6 Å². The number of aryl methyl sites for hydroxylation is 1. The summed E-state index contributed by atoms with van der Waals surface area (Å²) in [7, 11) is -3.58. The van der Waals surface area contributed by atoms with Crippen LogP contribution in [-0.4, -0.2) is 85.3 Å². The smallest absolute Gasteiger partial charge is 0.303 e. The fourth-order valence-electron chi connectivity index (χ4n) is 5.22. The molecule has 236 valence electrons. The van der Waals surface area contributed by atoms with Crippen LogP contribution in [0.2, 0.25) is 0 Å². The number of nitrogens with zero attached hydrogens (tertiary/aromatic N) is 4. The maximum absolute atomic E-state index is 13.0. The van der Waals surface area contributed by atoms with Crippen molar-refractivity contribution in [2.45, 2.75) is 57.4 Å². The Morgan fingerprint density at radius 2 is 1.95 bits per heavy atom. The summed E-state index contributed by atoms with van der Waals surface area (Å²) < 4.78 is 37.8. The van der Waals surface area contributed by atoms with Crippen molar-refractivity contribution in [3.63, 3.8) is 0 Å². The number of aromatic nitrogens is 3. The van der Waals surface area contributed by atoms with Crippen LogP contribution in [0.1, 0.15) is 50.7 Å². The molecule has 2 aromatic heterocycles. The largest absolute Gasteiger partial charge is 0.467 e. The minimum atomic E-state index is -3.58. The van der Waals surface area contributed by atoms with E-state index < -0.39 is 33.7 Å². The highest BCUT2D eigenvalue weighted by Crippen LogP contribution is 2.33. The van der Waals surface area contributed by atoms with Gasteiger partial charge in [-0.2, -0.15) is 0 Å². The third-order valence-corrected chi connectivity index (χ3v) is 10.3. The molecule has 1 aromatic carbocycles. The van der Waals surface area contributed by atoms with Crippen LogP contribution in [0.15, 0.2) is 36.7 Å². The van der Waals surface area contributed by atoms with Crippen molar-refractivity contribution < 1.29 is 27.5 Å². The number of benzene rings is 1. The zero-order chi connectivity index (χ0) is 31.1. The Labute approximate surface area is 261 Å². The highest BCUT2D eigenvalue weighted by Gasteiger charge is 2.27. The first-order valence-corrected chi connectivity index (χ1v) is 17.4. The van der Waals surface area contributed by atoms with E-state index >= 15 is 0 Å². The number of rotatable bonds is 12. The van der Waals surface area contributed by atoms with Gasteiger partial charge in [-0.25, -0.2) is 23.4 Å². The summed E-state index contributed by atoms with van der Waals surface area (Å²) in [5.41, 5.74) is 3.88. The lowest BCUT2D eigenvalue weighted by Gasteiger charge is -2.31. The number of anilines is 1. The number of ether oxygens (including phenoxy) is 2. The van der Waals surface area contributed by atoms with Crippen molar-refractivity contribution in [1.82, 2.24) is 25.6 Å². The lowest BCUT2D eigenvalue weighted by Crippen LogP contribution is -2.42. The molecule has 12 nitrogen and oxygen atoms in total. The maximum Gasteiger partial charge on any atom is 0.303 e. The van der Waals surface area contributed by atoms with Gasteiger partial charge in [-0.1, -0.05) is 30.7 Å². The second-order valence-electron chi connectivity index (χ2n) is 10.9. The molecule has 1 atom stereocenters. The minimum absolute atomic E-state index is 0.0650. The second kappa shape index (κ2) is 14.4. The van der Waals surface area contributed by atoms with Crippen LogP contribution in [0.25, 0.3) is 15.8 Å². The molecule has 0 radical (unpaired) electrons. The summed E-state index contributed by atoms with van der Waals surface area (Å²) in [5, 5.41) is 5.30. The van der Waals surface area contributed by atoms with Gasteiger partial charge in [0.25, 0.3) is 11.1 Å². The normalized spacial score (nSPS) is 17.7. The van der Waals surface area contributed by atoms with Crippen molar-refractivity contribution in [2.75, 3.05) is 43.4 Å². The molecule has 1 unspecified atom stereocenters. The third-order valence-electron chi connectivity index (χ3n) is 7.56. The second-order valence-corrected chi connectivity index (χ2v) is 14.2. The SMILES string of the molecule is CCCc1cnc(N2CCC(Oc3nc4ccc(C5=CC(S(=O)(=O)CCNC(=O)COC(C)=O)NCC5)cc4s3)CC2)nc1. The zero-order valence-electron chi connectivity index (χ0n) is 25.0. The lowest BCUT2D eigenvalue weighted by molar-refractivity contribution is -0.146. The molecule has 0 saturated carbocycles. The first kappa shape index (κ1) is 31.8. The quantitative estimate of drug-likeness (QED) is 0.281. The monoisotopic (exact) mass is 642 g/mol. The number of hydrogen-bond donors (Lipinski definition) is 2. The molecule has 14 heteroatoms. The summed E-state index contributed by atoms with van der Waals surface area (Å²) in [4.78, 5) is 38.5. The van der Waals surface area contributed by atoms with Gasteiger partial charge in [-0.15, -0.1) is 0 Å². The minimum Gasteiger partial charge on any atom is -0.467 e. The molecule has 2 aliphatic heterocycles. The van der Waals surface area contributed by atoms with Gasteiger partial charge >= 0.3 is 5.97 Å². The van der Waals surface area contributed by atoms with Gasteiger partial charge in [-0.3, -0.25) is 14.9 Å². The summed E-state index contributed by atoms with van der Waals surface area (Å²) in [6.45, 7) is 4.99. The van der Waals surface area contributed by atoms with E-state index in [0.29, 0.717) is 18.2 Å². The van der Waals surface area contributed by atoms with Crippen molar-refractivity contribution in [2.24, 2.45) is 0 Å². The van der Waals surface area contributed by atoms with Crippen LogP contribution in [0.4, 0.5) is 5.95 Å². The number of fused-ring (bicyclic) bond motifs is 1. The summed E-state index contributed by atoms with van der Waals surface area (Å²) in [6.07, 6.45) is 10.1. The van der Waals surface area contributed by atoms with E-state index in [-0.39, 0.29) is 18.4 Å². The van der Waals surface area contributed by atoms with Crippen LogP contribution in [0.5, 0.6) is 5.19 Å². The van der Waals surface area contributed by atoms with Gasteiger partial charge in [0.05, 0.1) is 16.0 Å². The molecule has 5 rings (SSSR count). The molecule has 0 bridgehead atoms. The van der Waals surface area contributed by atoms with Crippen LogP contribution in [-0.2, 0) is 30.6 Å². The van der Waals surface area contributed by atoms with Crippen molar-refractivity contribution in [3.05, 3.63) is 47.8 Å². The molecule has 2 N–H and O–H groups in total.